The van der Waals surface area contributed by atoms with Crippen molar-refractivity contribution in [3.8, 4) is 17.7 Å². The van der Waals surface area contributed by atoms with Crippen molar-refractivity contribution >= 4 is 6.09 Å². The molecule has 24 heavy (non-hydrogen) atoms. The number of carbonyl (C=O) groups is 1. The zero-order chi connectivity index (χ0) is 17.2. The van der Waals surface area contributed by atoms with Crippen LogP contribution in [0.4, 0.5) is 9.18 Å². The van der Waals surface area contributed by atoms with E-state index in [0.29, 0.717) is 18.5 Å². The third-order valence-corrected chi connectivity index (χ3v) is 2.97. The molecule has 1 heterocycles. The van der Waals surface area contributed by atoms with Crippen molar-refractivity contribution in [1.82, 2.24) is 10.3 Å². The summed E-state index contributed by atoms with van der Waals surface area (Å²) in [5.74, 6) is 5.37. The Balaban J connectivity index is 1.73. The number of halogens is 1. The maximum absolute atomic E-state index is 13.1. The topological polar surface area (TPSA) is 60.5 Å². The fraction of sp³-hybridized carbons (Fsp3) is 0.222. The van der Waals surface area contributed by atoms with E-state index in [1.807, 2.05) is 30.3 Å². The highest BCUT2D eigenvalue weighted by Crippen LogP contribution is 2.13. The van der Waals surface area contributed by atoms with Gasteiger partial charge in [-0.25, -0.2) is 14.2 Å². The molecule has 124 valence electrons. The number of methoxy groups -OCH3 is 1. The molecule has 1 amide bonds. The van der Waals surface area contributed by atoms with Gasteiger partial charge in [0.2, 0.25) is 5.88 Å². The van der Waals surface area contributed by atoms with E-state index in [-0.39, 0.29) is 12.5 Å². The van der Waals surface area contributed by atoms with Gasteiger partial charge in [-0.3, -0.25) is 0 Å². The van der Waals surface area contributed by atoms with E-state index >= 15 is 0 Å². The largest absolute Gasteiger partial charge is 0.480 e. The summed E-state index contributed by atoms with van der Waals surface area (Å²) in [4.78, 5) is 15.3. The zero-order valence-electron chi connectivity index (χ0n) is 13.2. The highest BCUT2D eigenvalue weighted by molar-refractivity contribution is 5.67. The molecular weight excluding hydrogens is 311 g/mol. The molecule has 0 aliphatic heterocycles. The van der Waals surface area contributed by atoms with Crippen molar-refractivity contribution in [2.24, 2.45) is 0 Å². The number of ether oxygens (including phenoxy) is 2. The first-order chi connectivity index (χ1) is 11.7. The second kappa shape index (κ2) is 9.16. The maximum atomic E-state index is 13.1. The van der Waals surface area contributed by atoms with Gasteiger partial charge in [-0.05, 0) is 11.6 Å². The number of carbonyl (C=O) groups excluding carboxylic acids is 1. The first-order valence-corrected chi connectivity index (χ1v) is 7.32. The van der Waals surface area contributed by atoms with Crippen molar-refractivity contribution in [2.45, 2.75) is 13.0 Å². The summed E-state index contributed by atoms with van der Waals surface area (Å²) in [6.07, 6.45) is 0.944. The minimum absolute atomic E-state index is 0.213. The summed E-state index contributed by atoms with van der Waals surface area (Å²) >= 11 is 0. The van der Waals surface area contributed by atoms with Crippen LogP contribution in [0.15, 0.2) is 42.6 Å². The number of amides is 1. The third-order valence-electron chi connectivity index (χ3n) is 2.97. The predicted octanol–water partition coefficient (Wildman–Crippen LogP) is 2.90. The van der Waals surface area contributed by atoms with E-state index in [1.165, 1.54) is 13.2 Å². The van der Waals surface area contributed by atoms with Crippen molar-refractivity contribution in [1.29, 1.82) is 0 Å². The molecule has 0 atom stereocenters. The summed E-state index contributed by atoms with van der Waals surface area (Å²) in [5.41, 5.74) is 1.28. The van der Waals surface area contributed by atoms with E-state index in [9.17, 15) is 9.18 Å². The second-order valence-electron chi connectivity index (χ2n) is 4.75. The lowest BCUT2D eigenvalue weighted by Gasteiger charge is -2.05. The molecule has 1 aromatic carbocycles. The number of nitrogens with one attached hydrogen (secondary N) is 1. The lowest BCUT2D eigenvalue weighted by atomic mass is 10.2. The number of rotatable bonds is 5. The summed E-state index contributed by atoms with van der Waals surface area (Å²) in [6, 6.07) is 10.6. The van der Waals surface area contributed by atoms with Gasteiger partial charge in [0.25, 0.3) is 0 Å². The molecule has 0 unspecified atom stereocenters. The molecule has 0 radical (unpaired) electrons. The predicted molar refractivity (Wildman–Crippen MR) is 86.9 cm³/mol. The SMILES string of the molecule is COc1ncc(F)cc1C#CCCNC(=O)OCc1ccccc1. The lowest BCUT2D eigenvalue weighted by molar-refractivity contribution is 0.140. The van der Waals surface area contributed by atoms with E-state index < -0.39 is 11.9 Å². The van der Waals surface area contributed by atoms with Crippen molar-refractivity contribution < 1.29 is 18.7 Å². The van der Waals surface area contributed by atoms with Crippen LogP contribution in [0.25, 0.3) is 0 Å². The summed E-state index contributed by atoms with van der Waals surface area (Å²) in [6.45, 7) is 0.538. The molecule has 1 aromatic heterocycles. The molecule has 6 heteroatoms. The van der Waals surface area contributed by atoms with E-state index in [0.717, 1.165) is 11.8 Å². The van der Waals surface area contributed by atoms with Gasteiger partial charge in [0.15, 0.2) is 0 Å². The second-order valence-corrected chi connectivity index (χ2v) is 4.75. The molecule has 0 saturated carbocycles. The van der Waals surface area contributed by atoms with Gasteiger partial charge < -0.3 is 14.8 Å². The maximum Gasteiger partial charge on any atom is 0.407 e. The lowest BCUT2D eigenvalue weighted by Crippen LogP contribution is -2.24. The molecule has 0 bridgehead atoms. The average molecular weight is 328 g/mol. The number of alkyl carbamates (subject to hydrolysis) is 1. The molecule has 2 rings (SSSR count). The number of aromatic nitrogens is 1. The highest BCUT2D eigenvalue weighted by atomic mass is 19.1. The number of nitrogens with zero attached hydrogens (tertiary/aromatic N) is 1. The van der Waals surface area contributed by atoms with Gasteiger partial charge in [0.1, 0.15) is 12.4 Å². The smallest absolute Gasteiger partial charge is 0.407 e. The Morgan fingerprint density at radius 2 is 2.12 bits per heavy atom. The van der Waals surface area contributed by atoms with Crippen LogP contribution in [0.3, 0.4) is 0 Å². The third kappa shape index (κ3) is 5.61. The summed E-state index contributed by atoms with van der Waals surface area (Å²) in [7, 11) is 1.44. The summed E-state index contributed by atoms with van der Waals surface area (Å²) < 4.78 is 23.2. The van der Waals surface area contributed by atoms with Gasteiger partial charge in [-0.2, -0.15) is 0 Å². The minimum Gasteiger partial charge on any atom is -0.480 e. The Bertz CT molecular complexity index is 739. The van der Waals surface area contributed by atoms with Crippen molar-refractivity contribution in [3.63, 3.8) is 0 Å². The molecule has 0 spiro atoms. The number of pyridine rings is 1. The molecule has 0 aliphatic carbocycles. The van der Waals surface area contributed by atoms with Gasteiger partial charge in [-0.1, -0.05) is 42.2 Å². The van der Waals surface area contributed by atoms with E-state index in [4.69, 9.17) is 9.47 Å². The Morgan fingerprint density at radius 3 is 2.88 bits per heavy atom. The average Bonchev–Trinajstić information content (AvgIpc) is 2.61. The molecule has 5 nitrogen and oxygen atoms in total. The van der Waals surface area contributed by atoms with Gasteiger partial charge in [0, 0.05) is 13.0 Å². The van der Waals surface area contributed by atoms with Crippen LogP contribution in [-0.4, -0.2) is 24.7 Å². The Kier molecular flexibility index (Phi) is 6.59. The summed E-state index contributed by atoms with van der Waals surface area (Å²) in [5, 5.41) is 2.59. The van der Waals surface area contributed by atoms with E-state index in [2.05, 4.69) is 22.1 Å². The van der Waals surface area contributed by atoms with Crippen LogP contribution >= 0.6 is 0 Å². The quantitative estimate of drug-likeness (QED) is 0.677. The molecule has 0 saturated heterocycles. The Morgan fingerprint density at radius 1 is 1.33 bits per heavy atom. The molecular formula is C18H17FN2O3. The monoisotopic (exact) mass is 328 g/mol. The van der Waals surface area contributed by atoms with Crippen LogP contribution in [0.2, 0.25) is 0 Å². The minimum atomic E-state index is -0.509. The normalized spacial score (nSPS) is 9.58. The molecule has 0 aliphatic rings. The molecule has 2 aromatic rings. The van der Waals surface area contributed by atoms with Crippen LogP contribution in [0.5, 0.6) is 5.88 Å². The van der Waals surface area contributed by atoms with Gasteiger partial charge in [-0.15, -0.1) is 0 Å². The number of benzene rings is 1. The highest BCUT2D eigenvalue weighted by Gasteiger charge is 2.03. The number of hydrogen-bond acceptors (Lipinski definition) is 4. The fourth-order valence-corrected chi connectivity index (χ4v) is 1.84. The van der Waals surface area contributed by atoms with Crippen LogP contribution in [-0.2, 0) is 11.3 Å². The van der Waals surface area contributed by atoms with Gasteiger partial charge >= 0.3 is 6.09 Å². The van der Waals surface area contributed by atoms with Crippen molar-refractivity contribution in [3.05, 3.63) is 59.5 Å². The molecule has 1 N–H and O–H groups in total. The van der Waals surface area contributed by atoms with Gasteiger partial charge in [0.05, 0.1) is 18.9 Å². The zero-order valence-corrected chi connectivity index (χ0v) is 13.2. The fourth-order valence-electron chi connectivity index (χ4n) is 1.84. The first-order valence-electron chi connectivity index (χ1n) is 7.32. The Labute approximate surface area is 139 Å². The number of hydrogen-bond donors (Lipinski definition) is 1. The first kappa shape index (κ1) is 17.3. The molecule has 0 fully saturated rings. The van der Waals surface area contributed by atoms with E-state index in [1.54, 1.807) is 0 Å². The Hall–Kier alpha value is -3.07. The van der Waals surface area contributed by atoms with Crippen LogP contribution in [0.1, 0.15) is 17.5 Å². The van der Waals surface area contributed by atoms with Crippen LogP contribution in [0, 0.1) is 17.7 Å². The van der Waals surface area contributed by atoms with Crippen LogP contribution < -0.4 is 10.1 Å². The standard InChI is InChI=1S/C18H17FN2O3/c1-23-17-15(11-16(19)12-21-17)9-5-6-10-20-18(22)24-13-14-7-3-2-4-8-14/h2-4,7-8,11-12H,6,10,13H2,1H3,(H,20,22). The van der Waals surface area contributed by atoms with Crippen molar-refractivity contribution in [2.75, 3.05) is 13.7 Å².